The molecule has 0 radical (unpaired) electrons. The molecule has 16 heterocycles. The van der Waals surface area contributed by atoms with Crippen molar-refractivity contribution in [3.63, 3.8) is 0 Å². The molecule has 1 saturated carbocycles. The van der Waals surface area contributed by atoms with Crippen molar-refractivity contribution in [3.8, 4) is 50.9 Å². The molecule has 4 saturated heterocycles. The first-order valence-electron chi connectivity index (χ1n) is 46.6. The molecule has 28 heteroatoms. The van der Waals surface area contributed by atoms with Crippen LogP contribution in [0.25, 0.3) is 67.6 Å². The Balaban J connectivity index is 0.000000118. The van der Waals surface area contributed by atoms with E-state index in [2.05, 4.69) is 263 Å². The van der Waals surface area contributed by atoms with Crippen molar-refractivity contribution < 1.29 is 4.74 Å². The quantitative estimate of drug-likeness (QED) is 0.0297. The maximum atomic E-state index is 11.7. The Kier molecular flexibility index (Phi) is 27.8. The minimum atomic E-state index is -0.121. The molecule has 4 aliphatic heterocycles. The number of hydrogen-bond donors (Lipinski definition) is 7. The van der Waals surface area contributed by atoms with Gasteiger partial charge in [-0.2, -0.15) is 5.10 Å². The number of ether oxygens (including phenoxy) is 1. The summed E-state index contributed by atoms with van der Waals surface area (Å²) in [5, 5.41) is 21.0. The van der Waals surface area contributed by atoms with Crippen LogP contribution in [0.4, 0.5) is 68.2 Å². The third-order valence-electron chi connectivity index (χ3n) is 26.3. The predicted octanol–water partition coefficient (Wildman–Crippen LogP) is 17.9. The molecule has 0 spiro atoms. The fourth-order valence-corrected chi connectivity index (χ4v) is 19.1. The van der Waals surface area contributed by atoms with Crippen molar-refractivity contribution in [1.29, 1.82) is 0 Å². The summed E-state index contributed by atoms with van der Waals surface area (Å²) in [4.78, 5) is 71.6. The molecule has 0 bridgehead atoms. The second kappa shape index (κ2) is 41.6. The Hall–Kier alpha value is -14.1. The van der Waals surface area contributed by atoms with Crippen LogP contribution in [0.3, 0.4) is 0 Å². The Morgan fingerprint density at radius 1 is 0.389 bits per heavy atom. The molecule has 5 aliphatic rings. The van der Waals surface area contributed by atoms with Gasteiger partial charge in [-0.3, -0.25) is 47.0 Å². The number of pyridine rings is 7. The van der Waals surface area contributed by atoms with Crippen LogP contribution in [-0.2, 0) is 0 Å². The van der Waals surface area contributed by atoms with Gasteiger partial charge in [-0.05, 0) is 209 Å². The van der Waals surface area contributed by atoms with Crippen molar-refractivity contribution in [2.24, 2.45) is 0 Å². The second-order valence-corrected chi connectivity index (χ2v) is 34.2. The number of methoxy groups -OCH3 is 1. The third-order valence-corrected chi connectivity index (χ3v) is 26.3. The van der Waals surface area contributed by atoms with E-state index in [4.69, 9.17) is 4.74 Å². The molecule has 7 N–H and O–H groups in total. The molecule has 0 amide bonds. The van der Waals surface area contributed by atoms with Gasteiger partial charge in [0.05, 0.1) is 58.8 Å². The van der Waals surface area contributed by atoms with Crippen LogP contribution >= 0.6 is 0 Å². The van der Waals surface area contributed by atoms with Gasteiger partial charge in [0.25, 0.3) is 0 Å². The Bertz CT molecular complexity index is 6500. The molecular weight excluding hydrogens is 1640 g/mol. The Labute approximate surface area is 764 Å². The molecule has 21 rings (SSSR count). The maximum absolute atomic E-state index is 11.7. The largest absolute Gasteiger partial charge is 0.481 e. The molecule has 1 aliphatic carbocycles. The molecule has 16 aromatic rings. The van der Waals surface area contributed by atoms with Gasteiger partial charge in [-0.15, -0.1) is 0 Å². The van der Waals surface area contributed by atoms with E-state index in [-0.39, 0.29) is 11.1 Å². The molecule has 0 unspecified atom stereocenters. The number of imidazole rings is 4. The number of nitrogens with zero attached hydrogens (tertiary/aromatic N) is 18. The van der Waals surface area contributed by atoms with E-state index in [0.717, 1.165) is 223 Å². The van der Waals surface area contributed by atoms with E-state index in [1.165, 1.54) is 93.8 Å². The van der Waals surface area contributed by atoms with Crippen LogP contribution in [0, 0.1) is 0 Å². The average Bonchev–Trinajstić information content (AvgIpc) is 1.68. The lowest BCUT2D eigenvalue weighted by atomic mass is 9.94. The summed E-state index contributed by atoms with van der Waals surface area (Å²) in [6, 6.07) is 63.6. The minimum Gasteiger partial charge on any atom is -0.481 e. The standard InChI is InChI=1S/C29H34N6O.C25H31N7.C25H28N6O.C24H26N6O/c1-36-28-21-22(13-14-30-28)27-12-11-26(29-31-15-16-35(27)29)32-23-7-9-25(10-8-23)34-19-17-33(18-20-34)24-5-3-2-4-6-24;1-3-21(4-2)30-13-15-31(16-14-30)22-7-5-20(6-8-22)29-23-9-10-24(19-17-27-28-18-19)32-12-11-26-25(23)32;1-2-12-29-14-16-30(17-15-29)21-5-3-20(4-6-21)28-22-7-8-23(31-13-11-27-25(22)31)19-9-10-26-24(32)18-19;1-2-28-13-15-29(16-14-28)20-5-3-19(4-6-20)27-21-7-8-22(30-12-11-26-24(21)30)18-9-10-25-23(31)17-18/h7-16,21,24,32H,2-6,17-20H2,1H3;5-12,17-18,21,29H,3-4,13-16H2,1-2H3,(H,27,28);3-11,13,18,28H,2,12,14-17H2,1H3,(H,26,32);3-12,17,27H,2,13-16H2,1H3,(H,25,31). The highest BCUT2D eigenvalue weighted by molar-refractivity contribution is 5.83. The van der Waals surface area contributed by atoms with Crippen LogP contribution < -0.4 is 56.7 Å². The fourth-order valence-electron chi connectivity index (χ4n) is 19.1. The number of nitrogens with one attached hydrogen (secondary N) is 7. The van der Waals surface area contributed by atoms with Crippen molar-refractivity contribution in [3.05, 3.63) is 283 Å². The number of anilines is 12. The summed E-state index contributed by atoms with van der Waals surface area (Å²) < 4.78 is 13.5. The Morgan fingerprint density at radius 2 is 0.763 bits per heavy atom. The highest BCUT2D eigenvalue weighted by Gasteiger charge is 2.28. The van der Waals surface area contributed by atoms with Crippen LogP contribution in [0.1, 0.15) is 79.1 Å². The lowest BCUT2D eigenvalue weighted by Crippen LogP contribution is -2.50. The summed E-state index contributed by atoms with van der Waals surface area (Å²) in [5.74, 6) is 0.596. The number of fused-ring (bicyclic) bond motifs is 4. The minimum absolute atomic E-state index is 0.121. The van der Waals surface area contributed by atoms with Crippen LogP contribution in [0.5, 0.6) is 5.88 Å². The average molecular weight is 1760 g/mol. The van der Waals surface area contributed by atoms with Gasteiger partial charge in [-0.1, -0.05) is 47.0 Å². The number of likely N-dealkylation sites (N-methyl/N-ethyl adjacent to an activating group) is 1. The van der Waals surface area contributed by atoms with Crippen LogP contribution in [-0.4, -0.2) is 219 Å². The summed E-state index contributed by atoms with van der Waals surface area (Å²) in [7, 11) is 1.63. The number of rotatable bonds is 24. The summed E-state index contributed by atoms with van der Waals surface area (Å²) in [5.41, 5.74) is 24.0. The highest BCUT2D eigenvalue weighted by Crippen LogP contribution is 2.36. The highest BCUT2D eigenvalue weighted by atomic mass is 16.5. The lowest BCUT2D eigenvalue weighted by molar-refractivity contribution is 0.148. The summed E-state index contributed by atoms with van der Waals surface area (Å²) >= 11 is 0. The number of aromatic nitrogens is 13. The number of benzene rings is 4. The van der Waals surface area contributed by atoms with Gasteiger partial charge in [0.15, 0.2) is 22.6 Å². The summed E-state index contributed by atoms with van der Waals surface area (Å²) in [6.07, 6.45) is 34.5. The first-order valence-corrected chi connectivity index (χ1v) is 46.6. The smallest absolute Gasteiger partial charge is 0.248 e. The number of piperazine rings is 4. The molecular formula is C103H119N25O3. The molecule has 131 heavy (non-hydrogen) atoms. The van der Waals surface area contributed by atoms with E-state index < -0.39 is 0 Å². The van der Waals surface area contributed by atoms with Crippen molar-refractivity contribution in [2.45, 2.75) is 91.1 Å². The van der Waals surface area contributed by atoms with E-state index in [0.29, 0.717) is 5.88 Å². The first-order chi connectivity index (χ1) is 64.5. The zero-order chi connectivity index (χ0) is 89.4. The predicted molar refractivity (Wildman–Crippen MR) is 531 cm³/mol. The zero-order valence-corrected chi connectivity index (χ0v) is 75.6. The number of hydrogen-bond acceptors (Lipinski definition) is 21. The summed E-state index contributed by atoms with van der Waals surface area (Å²) in [6.45, 7) is 29.2. The second-order valence-electron chi connectivity index (χ2n) is 34.2. The van der Waals surface area contributed by atoms with Crippen molar-refractivity contribution in [2.75, 3.05) is 166 Å². The van der Waals surface area contributed by atoms with E-state index in [1.807, 2.05) is 107 Å². The molecule has 0 atom stereocenters. The van der Waals surface area contributed by atoms with Gasteiger partial charge in [0.1, 0.15) is 0 Å². The van der Waals surface area contributed by atoms with Crippen LogP contribution in [0.2, 0.25) is 0 Å². The van der Waals surface area contributed by atoms with Gasteiger partial charge >= 0.3 is 0 Å². The molecule has 5 fully saturated rings. The fraction of sp³-hybridized carbons (Fsp3) is 0.320. The molecule has 674 valence electrons. The topological polar surface area (TPSA) is 260 Å². The maximum Gasteiger partial charge on any atom is 0.248 e. The lowest BCUT2D eigenvalue weighted by Gasteiger charge is -2.41. The first kappa shape index (κ1) is 87.6. The zero-order valence-electron chi connectivity index (χ0n) is 75.6. The third kappa shape index (κ3) is 20.7. The van der Waals surface area contributed by atoms with Crippen LogP contribution in [0.15, 0.2) is 272 Å². The SMILES string of the molecule is CCC(CC)N1CCN(c2ccc(Nc3ccc(-c4cn[nH]c4)n4ccnc34)cc2)CC1.CCCN1CCN(c2ccc(Nc3ccc(-c4cc[nH]c(=O)c4)n4ccnc34)cc2)CC1.CCN1CCN(c2ccc(Nc3ccc(-c4cc[nH]c(=O)c4)n4ccnc34)cc2)CC1.COc1cc(-c2ccc(Nc3ccc(N4CCN(C5CCCCC5)CC4)cc3)c3nccn23)ccn1. The van der Waals surface area contributed by atoms with Crippen molar-refractivity contribution >= 4 is 90.8 Å². The van der Waals surface area contributed by atoms with Gasteiger partial charge in [-0.25, -0.2) is 24.9 Å². The van der Waals surface area contributed by atoms with E-state index >= 15 is 0 Å². The number of H-pyrrole nitrogens is 3. The number of aromatic amines is 3. The normalized spacial score (nSPS) is 15.6. The van der Waals surface area contributed by atoms with E-state index in [9.17, 15) is 9.59 Å². The Morgan fingerprint density at radius 3 is 1.12 bits per heavy atom. The monoisotopic (exact) mass is 1750 g/mol. The van der Waals surface area contributed by atoms with E-state index in [1.54, 1.807) is 50.2 Å². The van der Waals surface area contributed by atoms with Gasteiger partial charge in [0, 0.05) is 277 Å². The molecule has 28 nitrogen and oxygen atoms in total. The van der Waals surface area contributed by atoms with Gasteiger partial charge in [0.2, 0.25) is 17.0 Å². The molecule has 4 aromatic carbocycles. The van der Waals surface area contributed by atoms with Gasteiger partial charge < -0.3 is 60.5 Å². The molecule has 12 aromatic heterocycles. The van der Waals surface area contributed by atoms with Crippen molar-refractivity contribution in [1.82, 2.24) is 82.3 Å².